The van der Waals surface area contributed by atoms with Gasteiger partial charge in [-0.05, 0) is 43.3 Å². The Balaban J connectivity index is 2.09. The molecular formula is C16H12Cl3NO4. The molecule has 5 nitrogen and oxygen atoms in total. The number of carbonyl (C=O) groups excluding carboxylic acids is 1. The van der Waals surface area contributed by atoms with Gasteiger partial charge in [-0.1, -0.05) is 34.8 Å². The fraction of sp³-hybridized carbons (Fsp3) is 0.125. The van der Waals surface area contributed by atoms with Gasteiger partial charge in [0, 0.05) is 10.7 Å². The highest BCUT2D eigenvalue weighted by Gasteiger charge is 2.18. The SMILES string of the molecule is C[C@@H](Oc1ccc(Cl)cc1Cl)C(=O)Nc1ccc(Cl)c(C(=O)O)c1. The standard InChI is InChI=1S/C16H12Cl3NO4/c1-8(24-14-5-2-9(17)6-13(14)19)15(21)20-10-3-4-12(18)11(7-10)16(22)23/h2-8H,1H3,(H,20,21)(H,22,23)/t8-/m1/s1. The Kier molecular flexibility index (Phi) is 5.94. The molecule has 126 valence electrons. The van der Waals surface area contributed by atoms with E-state index in [0.717, 1.165) is 0 Å². The van der Waals surface area contributed by atoms with Gasteiger partial charge in [0.2, 0.25) is 0 Å². The first-order valence-corrected chi connectivity index (χ1v) is 7.86. The van der Waals surface area contributed by atoms with Crippen LogP contribution in [0.4, 0.5) is 5.69 Å². The third-order valence-corrected chi connectivity index (χ3v) is 3.89. The normalized spacial score (nSPS) is 11.7. The number of halogens is 3. The molecule has 2 rings (SSSR count). The van der Waals surface area contributed by atoms with E-state index in [-0.39, 0.29) is 15.6 Å². The molecule has 0 unspecified atom stereocenters. The third kappa shape index (κ3) is 4.54. The highest BCUT2D eigenvalue weighted by Crippen LogP contribution is 2.28. The van der Waals surface area contributed by atoms with Crippen molar-refractivity contribution in [2.75, 3.05) is 5.32 Å². The van der Waals surface area contributed by atoms with Gasteiger partial charge in [0.1, 0.15) is 5.75 Å². The van der Waals surface area contributed by atoms with Crippen molar-refractivity contribution in [3.05, 3.63) is 57.0 Å². The molecule has 2 N–H and O–H groups in total. The van der Waals surface area contributed by atoms with E-state index in [1.807, 2.05) is 0 Å². The Hall–Kier alpha value is -1.95. The summed E-state index contributed by atoms with van der Waals surface area (Å²) < 4.78 is 5.49. The molecule has 1 amide bonds. The number of hydrogen-bond acceptors (Lipinski definition) is 3. The maximum absolute atomic E-state index is 12.2. The summed E-state index contributed by atoms with van der Waals surface area (Å²) >= 11 is 17.6. The minimum absolute atomic E-state index is 0.0812. The fourth-order valence-electron chi connectivity index (χ4n) is 1.83. The van der Waals surface area contributed by atoms with E-state index >= 15 is 0 Å². The molecule has 0 heterocycles. The summed E-state index contributed by atoms with van der Waals surface area (Å²) in [6, 6.07) is 8.80. The van der Waals surface area contributed by atoms with E-state index in [1.165, 1.54) is 31.2 Å². The van der Waals surface area contributed by atoms with Crippen molar-refractivity contribution in [1.29, 1.82) is 0 Å². The predicted octanol–water partition coefficient (Wildman–Crippen LogP) is 4.75. The lowest BCUT2D eigenvalue weighted by Crippen LogP contribution is -2.30. The first kappa shape index (κ1) is 18.4. The summed E-state index contributed by atoms with van der Waals surface area (Å²) in [7, 11) is 0. The summed E-state index contributed by atoms with van der Waals surface area (Å²) in [6.07, 6.45) is -0.868. The van der Waals surface area contributed by atoms with E-state index in [1.54, 1.807) is 12.1 Å². The second kappa shape index (κ2) is 7.75. The van der Waals surface area contributed by atoms with Crippen LogP contribution in [0.1, 0.15) is 17.3 Å². The summed E-state index contributed by atoms with van der Waals surface area (Å²) in [5.74, 6) is -1.35. The van der Waals surface area contributed by atoms with Crippen LogP contribution in [0.3, 0.4) is 0 Å². The second-order valence-electron chi connectivity index (χ2n) is 4.82. The average molecular weight is 389 g/mol. The number of ether oxygens (including phenoxy) is 1. The van der Waals surface area contributed by atoms with Gasteiger partial charge in [0.05, 0.1) is 15.6 Å². The molecule has 0 aliphatic rings. The molecular weight excluding hydrogens is 377 g/mol. The van der Waals surface area contributed by atoms with Crippen LogP contribution in [0.2, 0.25) is 15.1 Å². The van der Waals surface area contributed by atoms with E-state index in [4.69, 9.17) is 44.6 Å². The van der Waals surface area contributed by atoms with E-state index in [9.17, 15) is 9.59 Å². The van der Waals surface area contributed by atoms with Crippen LogP contribution in [-0.2, 0) is 4.79 Å². The Labute approximate surface area is 153 Å². The number of carboxylic acid groups (broad SMARTS) is 1. The molecule has 2 aromatic carbocycles. The zero-order chi connectivity index (χ0) is 17.9. The zero-order valence-corrected chi connectivity index (χ0v) is 14.6. The first-order valence-electron chi connectivity index (χ1n) is 6.73. The number of amides is 1. The Morgan fingerprint density at radius 3 is 2.42 bits per heavy atom. The van der Waals surface area contributed by atoms with Crippen molar-refractivity contribution >= 4 is 52.4 Å². The lowest BCUT2D eigenvalue weighted by Gasteiger charge is -2.16. The Morgan fingerprint density at radius 1 is 1.08 bits per heavy atom. The van der Waals surface area contributed by atoms with Gasteiger partial charge in [-0.2, -0.15) is 0 Å². The highest BCUT2D eigenvalue weighted by molar-refractivity contribution is 6.35. The monoisotopic (exact) mass is 387 g/mol. The quantitative estimate of drug-likeness (QED) is 0.775. The third-order valence-electron chi connectivity index (χ3n) is 3.03. The van der Waals surface area contributed by atoms with E-state index in [0.29, 0.717) is 16.5 Å². The van der Waals surface area contributed by atoms with Crippen LogP contribution in [0.5, 0.6) is 5.75 Å². The van der Waals surface area contributed by atoms with Crippen molar-refractivity contribution in [2.45, 2.75) is 13.0 Å². The van der Waals surface area contributed by atoms with Crippen LogP contribution < -0.4 is 10.1 Å². The maximum atomic E-state index is 12.2. The van der Waals surface area contributed by atoms with Gasteiger partial charge in [0.15, 0.2) is 6.10 Å². The molecule has 0 saturated heterocycles. The van der Waals surface area contributed by atoms with Gasteiger partial charge < -0.3 is 15.2 Å². The number of aromatic carboxylic acids is 1. The molecule has 0 fully saturated rings. The fourth-order valence-corrected chi connectivity index (χ4v) is 2.48. The molecule has 0 radical (unpaired) electrons. The Bertz CT molecular complexity index is 795. The van der Waals surface area contributed by atoms with Gasteiger partial charge in [0.25, 0.3) is 5.91 Å². The van der Waals surface area contributed by atoms with Crippen LogP contribution in [-0.4, -0.2) is 23.1 Å². The van der Waals surface area contributed by atoms with Crippen LogP contribution in [0.15, 0.2) is 36.4 Å². The molecule has 0 spiro atoms. The van der Waals surface area contributed by atoms with Gasteiger partial charge >= 0.3 is 5.97 Å². The minimum Gasteiger partial charge on any atom is -0.479 e. The van der Waals surface area contributed by atoms with Gasteiger partial charge in [-0.15, -0.1) is 0 Å². The van der Waals surface area contributed by atoms with Crippen molar-refractivity contribution in [3.8, 4) is 5.75 Å². The van der Waals surface area contributed by atoms with Crippen LogP contribution in [0.25, 0.3) is 0 Å². The summed E-state index contributed by atoms with van der Waals surface area (Å²) in [4.78, 5) is 23.2. The lowest BCUT2D eigenvalue weighted by molar-refractivity contribution is -0.122. The molecule has 0 aromatic heterocycles. The van der Waals surface area contributed by atoms with Crippen molar-refractivity contribution in [3.63, 3.8) is 0 Å². The molecule has 2 aromatic rings. The number of hydrogen-bond donors (Lipinski definition) is 2. The number of nitrogens with one attached hydrogen (secondary N) is 1. The summed E-state index contributed by atoms with van der Waals surface area (Å²) in [6.45, 7) is 1.54. The minimum atomic E-state index is -1.19. The van der Waals surface area contributed by atoms with E-state index < -0.39 is 18.0 Å². The van der Waals surface area contributed by atoms with Gasteiger partial charge in [-0.25, -0.2) is 4.79 Å². The smallest absolute Gasteiger partial charge is 0.337 e. The van der Waals surface area contributed by atoms with Crippen LogP contribution in [0, 0.1) is 0 Å². The number of rotatable bonds is 5. The largest absolute Gasteiger partial charge is 0.479 e. The topological polar surface area (TPSA) is 75.6 Å². The number of anilines is 1. The summed E-state index contributed by atoms with van der Waals surface area (Å²) in [5.41, 5.74) is 0.184. The molecule has 0 bridgehead atoms. The van der Waals surface area contributed by atoms with Gasteiger partial charge in [-0.3, -0.25) is 4.79 Å². The molecule has 0 aliphatic heterocycles. The zero-order valence-electron chi connectivity index (χ0n) is 12.3. The van der Waals surface area contributed by atoms with Crippen LogP contribution >= 0.6 is 34.8 Å². The first-order chi connectivity index (χ1) is 11.3. The number of carboxylic acids is 1. The van der Waals surface area contributed by atoms with Crippen molar-refractivity contribution < 1.29 is 19.4 Å². The van der Waals surface area contributed by atoms with E-state index in [2.05, 4.69) is 5.32 Å². The maximum Gasteiger partial charge on any atom is 0.337 e. The average Bonchev–Trinajstić information content (AvgIpc) is 2.51. The Morgan fingerprint density at radius 2 is 1.79 bits per heavy atom. The second-order valence-corrected chi connectivity index (χ2v) is 6.07. The number of benzene rings is 2. The highest BCUT2D eigenvalue weighted by atomic mass is 35.5. The van der Waals surface area contributed by atoms with Crippen molar-refractivity contribution in [2.24, 2.45) is 0 Å². The van der Waals surface area contributed by atoms with Crippen molar-refractivity contribution in [1.82, 2.24) is 0 Å². The lowest BCUT2D eigenvalue weighted by atomic mass is 10.2. The predicted molar refractivity (Wildman–Crippen MR) is 93.6 cm³/mol. The summed E-state index contributed by atoms with van der Waals surface area (Å²) in [5, 5.41) is 12.4. The molecule has 0 saturated carbocycles. The molecule has 8 heteroatoms. The molecule has 1 atom stereocenters. The number of carbonyl (C=O) groups is 2. The molecule has 0 aliphatic carbocycles. The molecule has 24 heavy (non-hydrogen) atoms.